The first kappa shape index (κ1) is 54.1. The summed E-state index contributed by atoms with van der Waals surface area (Å²) in [4.78, 5) is 113. The number of amides is 6. The maximum absolute atomic E-state index is 14.5. The Kier molecular flexibility index (Phi) is 21.0. The molecule has 1 heterocycles. The summed E-state index contributed by atoms with van der Waals surface area (Å²) in [5.74, 6) is -8.28. The molecule has 0 saturated heterocycles. The highest BCUT2D eigenvalue weighted by molar-refractivity contribution is 5.97. The van der Waals surface area contributed by atoms with Crippen LogP contribution in [0, 0.1) is 11.8 Å². The molecule has 3 rings (SSSR count). The number of aromatic hydroxyl groups is 1. The molecule has 0 unspecified atom stereocenters. The van der Waals surface area contributed by atoms with Crippen LogP contribution in [0.5, 0.6) is 5.75 Å². The average molecular weight is 936 g/mol. The fourth-order valence-electron chi connectivity index (χ4n) is 6.96. The monoisotopic (exact) mass is 935 g/mol. The van der Waals surface area contributed by atoms with Crippen molar-refractivity contribution in [3.63, 3.8) is 0 Å². The zero-order valence-corrected chi connectivity index (χ0v) is 38.3. The van der Waals surface area contributed by atoms with Gasteiger partial charge < -0.3 is 69.4 Å². The van der Waals surface area contributed by atoms with Gasteiger partial charge in [-0.05, 0) is 73.8 Å². The number of fused-ring (bicyclic) bond motifs is 1. The molecule has 0 aliphatic rings. The second-order valence-corrected chi connectivity index (χ2v) is 17.1. The molecule has 0 spiro atoms. The predicted molar refractivity (Wildman–Crippen MR) is 248 cm³/mol. The van der Waals surface area contributed by atoms with Crippen molar-refractivity contribution in [2.45, 2.75) is 122 Å². The van der Waals surface area contributed by atoms with Gasteiger partial charge in [0, 0.05) is 42.9 Å². The van der Waals surface area contributed by atoms with Crippen LogP contribution in [0.3, 0.4) is 0 Å². The lowest BCUT2D eigenvalue weighted by Crippen LogP contribution is -2.61. The summed E-state index contributed by atoms with van der Waals surface area (Å²) in [6.45, 7) is 8.41. The molecule has 3 aromatic rings. The number of carbonyl (C=O) groups is 8. The largest absolute Gasteiger partial charge is 0.508 e. The van der Waals surface area contributed by atoms with Crippen LogP contribution in [0.4, 0.5) is 0 Å². The van der Waals surface area contributed by atoms with E-state index in [1.165, 1.54) is 31.2 Å². The highest BCUT2D eigenvalue weighted by atomic mass is 16.4. The molecule has 2 aromatic carbocycles. The number of aromatic amines is 1. The number of nitrogens with two attached hydrogens (primary N) is 3. The van der Waals surface area contributed by atoms with E-state index in [9.17, 15) is 53.7 Å². The molecule has 0 aliphatic heterocycles. The number of carbonyl (C=O) groups excluding carboxylic acids is 6. The lowest BCUT2D eigenvalue weighted by molar-refractivity contribution is -0.142. The number of aliphatic imine (C=N–C) groups is 1. The molecule has 1 aromatic heterocycles. The number of nitrogens with zero attached hydrogens (tertiary/aromatic N) is 1. The van der Waals surface area contributed by atoms with E-state index in [1.54, 1.807) is 58.2 Å². The highest BCUT2D eigenvalue weighted by Gasteiger charge is 2.35. The van der Waals surface area contributed by atoms with Gasteiger partial charge in [0.15, 0.2) is 5.96 Å². The van der Waals surface area contributed by atoms with E-state index in [4.69, 9.17) is 17.2 Å². The van der Waals surface area contributed by atoms with Gasteiger partial charge >= 0.3 is 11.9 Å². The predicted octanol–water partition coefficient (Wildman–Crippen LogP) is -0.380. The number of aliphatic carboxylic acids is 2. The number of carboxylic acid groups (broad SMARTS) is 2. The van der Waals surface area contributed by atoms with Gasteiger partial charge in [0.05, 0.1) is 6.04 Å². The van der Waals surface area contributed by atoms with E-state index in [0.29, 0.717) is 22.9 Å². The van der Waals surface area contributed by atoms with Gasteiger partial charge in [-0.15, -0.1) is 0 Å². The average Bonchev–Trinajstić information content (AvgIpc) is 3.67. The number of phenolic OH excluding ortho intramolecular Hbond substituents is 1. The number of nitrogens with one attached hydrogen (secondary N) is 7. The number of para-hydroxylation sites is 1. The number of benzene rings is 2. The van der Waals surface area contributed by atoms with Crippen LogP contribution in [-0.4, -0.2) is 122 Å². The van der Waals surface area contributed by atoms with E-state index < -0.39 is 102 Å². The van der Waals surface area contributed by atoms with Crippen LogP contribution >= 0.6 is 0 Å². The van der Waals surface area contributed by atoms with Crippen molar-refractivity contribution in [1.82, 2.24) is 36.9 Å². The number of guanidine groups is 1. The summed E-state index contributed by atoms with van der Waals surface area (Å²) in [7, 11) is 0. The topological polar surface area (TPSA) is 376 Å². The van der Waals surface area contributed by atoms with Crippen molar-refractivity contribution < 1.29 is 53.7 Å². The smallest absolute Gasteiger partial charge is 0.326 e. The first-order valence-electron chi connectivity index (χ1n) is 22.0. The number of hydrogen-bond acceptors (Lipinski definition) is 11. The highest BCUT2D eigenvalue weighted by Crippen LogP contribution is 2.20. The third-order valence-corrected chi connectivity index (χ3v) is 10.6. The van der Waals surface area contributed by atoms with Crippen molar-refractivity contribution in [2.24, 2.45) is 34.0 Å². The van der Waals surface area contributed by atoms with Gasteiger partial charge in [-0.2, -0.15) is 0 Å². The first-order chi connectivity index (χ1) is 31.6. The van der Waals surface area contributed by atoms with Gasteiger partial charge in [-0.1, -0.05) is 58.0 Å². The molecule has 7 atom stereocenters. The molecule has 0 aliphatic carbocycles. The number of carboxylic acids is 2. The molecule has 22 heteroatoms. The van der Waals surface area contributed by atoms with E-state index in [0.717, 1.165) is 5.52 Å². The summed E-state index contributed by atoms with van der Waals surface area (Å²) >= 11 is 0. The minimum atomic E-state index is -1.47. The summed E-state index contributed by atoms with van der Waals surface area (Å²) < 4.78 is 0. The Hall–Kier alpha value is -7.23. The number of aromatic nitrogens is 1. The van der Waals surface area contributed by atoms with Crippen LogP contribution in [-0.2, 0) is 51.2 Å². The van der Waals surface area contributed by atoms with Gasteiger partial charge in [0.25, 0.3) is 0 Å². The molecule has 0 bridgehead atoms. The Morgan fingerprint density at radius 1 is 0.672 bits per heavy atom. The zero-order valence-electron chi connectivity index (χ0n) is 38.3. The van der Waals surface area contributed by atoms with E-state index in [-0.39, 0.29) is 56.3 Å². The molecule has 67 heavy (non-hydrogen) atoms. The number of hydrogen-bond donors (Lipinski definition) is 13. The third kappa shape index (κ3) is 17.9. The Morgan fingerprint density at radius 3 is 1.85 bits per heavy atom. The molecular formula is C45H65N11O11. The van der Waals surface area contributed by atoms with Crippen LogP contribution in [0.1, 0.15) is 77.8 Å². The van der Waals surface area contributed by atoms with Crippen molar-refractivity contribution in [3.05, 3.63) is 65.9 Å². The van der Waals surface area contributed by atoms with Crippen LogP contribution in [0.15, 0.2) is 59.7 Å². The van der Waals surface area contributed by atoms with Crippen molar-refractivity contribution in [1.29, 1.82) is 0 Å². The molecular weight excluding hydrogens is 871 g/mol. The van der Waals surface area contributed by atoms with Crippen molar-refractivity contribution in [3.8, 4) is 5.75 Å². The standard InChI is InChI=1S/C45H65N11O11/c1-23(2)19-35(44(66)67)55-38(60)25(5)51-43(65)37(24(3)4)56-42(64)33(20-26-12-14-28(57)15-13-26)53-41(63)34(21-27-22-50-31-11-7-6-9-29(27)31)54-40(62)32(16-17-36(58)59)52-39(61)30(46)10-8-18-49-45(47)48/h6-7,9,11-15,22-25,30,32-35,37,50,57H,8,10,16-21,46H2,1-5H3,(H,51,65)(H,52,61)(H,53,63)(H,54,62)(H,55,60)(H,56,64)(H,58,59)(H,66,67)(H4,47,48,49)/t25-,30-,32-,33-,34-,35-,37-/m0/s1. The molecule has 366 valence electrons. The van der Waals surface area contributed by atoms with Crippen molar-refractivity contribution in [2.75, 3.05) is 6.54 Å². The number of phenols is 1. The fourth-order valence-corrected chi connectivity index (χ4v) is 6.96. The van der Waals surface area contributed by atoms with Crippen LogP contribution < -0.4 is 49.1 Å². The number of H-pyrrole nitrogens is 1. The quantitative estimate of drug-likeness (QED) is 0.0263. The second kappa shape index (κ2) is 26.1. The minimum Gasteiger partial charge on any atom is -0.508 e. The molecule has 6 amide bonds. The minimum absolute atomic E-state index is 0.0558. The Morgan fingerprint density at radius 2 is 1.25 bits per heavy atom. The first-order valence-corrected chi connectivity index (χ1v) is 22.0. The van der Waals surface area contributed by atoms with E-state index >= 15 is 0 Å². The molecule has 0 radical (unpaired) electrons. The second-order valence-electron chi connectivity index (χ2n) is 17.1. The summed E-state index contributed by atoms with van der Waals surface area (Å²) in [5, 5.41) is 45.2. The molecule has 22 nitrogen and oxygen atoms in total. The van der Waals surface area contributed by atoms with Crippen LogP contribution in [0.25, 0.3) is 10.9 Å². The van der Waals surface area contributed by atoms with Gasteiger partial charge in [-0.3, -0.25) is 38.6 Å². The maximum Gasteiger partial charge on any atom is 0.326 e. The van der Waals surface area contributed by atoms with E-state index in [1.807, 2.05) is 0 Å². The lowest BCUT2D eigenvalue weighted by atomic mass is 9.99. The summed E-state index contributed by atoms with van der Waals surface area (Å²) in [6, 6.07) is 3.79. The Bertz CT molecular complexity index is 2220. The normalized spacial score (nSPS) is 14.3. The summed E-state index contributed by atoms with van der Waals surface area (Å²) in [6.07, 6.45) is 0.966. The van der Waals surface area contributed by atoms with E-state index in [2.05, 4.69) is 41.9 Å². The molecule has 16 N–H and O–H groups in total. The lowest BCUT2D eigenvalue weighted by Gasteiger charge is -2.28. The maximum atomic E-state index is 14.5. The van der Waals surface area contributed by atoms with Gasteiger partial charge in [0.1, 0.15) is 42.0 Å². The van der Waals surface area contributed by atoms with Crippen LogP contribution in [0.2, 0.25) is 0 Å². The number of rotatable bonds is 27. The van der Waals surface area contributed by atoms with Gasteiger partial charge in [0.2, 0.25) is 35.4 Å². The Labute approximate surface area is 388 Å². The Balaban J connectivity index is 1.95. The fraction of sp³-hybridized carbons (Fsp3) is 0.489. The molecule has 0 fully saturated rings. The molecule has 0 saturated carbocycles. The third-order valence-electron chi connectivity index (χ3n) is 10.6. The van der Waals surface area contributed by atoms with Crippen molar-refractivity contribution >= 4 is 64.2 Å². The summed E-state index contributed by atoms with van der Waals surface area (Å²) in [5.41, 5.74) is 18.6. The zero-order chi connectivity index (χ0) is 50.0. The van der Waals surface area contributed by atoms with Gasteiger partial charge in [-0.25, -0.2) is 4.79 Å². The SMILES string of the molecule is CC(C)C[C@H](NC(=O)[C@H](C)NC(=O)[C@@H](NC(=O)[C@H](Cc1ccc(O)cc1)NC(=O)[C@H](Cc1c[nH]c2ccccc12)NC(=O)[C@H](CCC(=O)O)NC(=O)[C@@H](N)CCCN=C(N)N)C(C)C)C(=O)O.